The van der Waals surface area contributed by atoms with E-state index in [2.05, 4.69) is 17.4 Å². The van der Waals surface area contributed by atoms with Crippen LogP contribution in [0.25, 0.3) is 11.0 Å². The van der Waals surface area contributed by atoms with Crippen molar-refractivity contribution in [2.24, 2.45) is 7.05 Å². The van der Waals surface area contributed by atoms with Gasteiger partial charge in [0.25, 0.3) is 5.91 Å². The van der Waals surface area contributed by atoms with E-state index < -0.39 is 0 Å². The van der Waals surface area contributed by atoms with Crippen molar-refractivity contribution in [1.29, 1.82) is 0 Å². The summed E-state index contributed by atoms with van der Waals surface area (Å²) in [6, 6.07) is 4.54. The van der Waals surface area contributed by atoms with Crippen LogP contribution in [0.4, 0.5) is 0 Å². The summed E-state index contributed by atoms with van der Waals surface area (Å²) in [5.41, 5.74) is 4.73. The summed E-state index contributed by atoms with van der Waals surface area (Å²) in [7, 11) is 1.92. The van der Waals surface area contributed by atoms with Gasteiger partial charge in [-0.1, -0.05) is 6.07 Å². The van der Waals surface area contributed by atoms with E-state index in [0.717, 1.165) is 11.0 Å². The molecular formula is C19H22N4O2. The number of amides is 2. The summed E-state index contributed by atoms with van der Waals surface area (Å²) in [6.07, 6.45) is 4.97. The number of piperazine rings is 1. The van der Waals surface area contributed by atoms with E-state index in [1.54, 1.807) is 4.90 Å². The Balaban J connectivity index is 1.59. The van der Waals surface area contributed by atoms with Crippen molar-refractivity contribution in [3.05, 3.63) is 29.1 Å². The van der Waals surface area contributed by atoms with Gasteiger partial charge >= 0.3 is 0 Å². The zero-order valence-corrected chi connectivity index (χ0v) is 14.4. The Bertz CT molecular complexity index is 892. The van der Waals surface area contributed by atoms with Gasteiger partial charge in [0.1, 0.15) is 6.54 Å². The first-order valence-corrected chi connectivity index (χ1v) is 9.18. The highest BCUT2D eigenvalue weighted by Crippen LogP contribution is 2.47. The summed E-state index contributed by atoms with van der Waals surface area (Å²) in [6.45, 7) is 1.16. The number of carbonyl (C=O) groups is 2. The van der Waals surface area contributed by atoms with Gasteiger partial charge in [-0.2, -0.15) is 0 Å². The Morgan fingerprint density at radius 1 is 1.20 bits per heavy atom. The molecule has 6 nitrogen and oxygen atoms in total. The number of imidazole rings is 1. The van der Waals surface area contributed by atoms with Crippen LogP contribution in [-0.4, -0.2) is 45.9 Å². The summed E-state index contributed by atoms with van der Waals surface area (Å²) in [4.78, 5) is 30.9. The van der Waals surface area contributed by atoms with Crippen molar-refractivity contribution in [2.45, 2.75) is 37.5 Å². The average Bonchev–Trinajstić information content (AvgIpc) is 3.51. The summed E-state index contributed by atoms with van der Waals surface area (Å²) < 4.78 is 1.92. The van der Waals surface area contributed by atoms with Crippen molar-refractivity contribution in [3.63, 3.8) is 0 Å². The van der Waals surface area contributed by atoms with Crippen LogP contribution in [0.5, 0.6) is 0 Å². The third kappa shape index (κ3) is 2.51. The van der Waals surface area contributed by atoms with Crippen molar-refractivity contribution in [3.8, 4) is 0 Å². The molecule has 3 aliphatic rings. The van der Waals surface area contributed by atoms with E-state index in [1.165, 1.54) is 36.8 Å². The maximum atomic E-state index is 12.9. The van der Waals surface area contributed by atoms with Crippen LogP contribution in [0.3, 0.4) is 0 Å². The molecule has 0 unspecified atom stereocenters. The summed E-state index contributed by atoms with van der Waals surface area (Å²) in [5, 5.41) is 2.76. The molecule has 3 fully saturated rings. The molecule has 0 spiro atoms. The van der Waals surface area contributed by atoms with Crippen LogP contribution in [0, 0.1) is 0 Å². The first kappa shape index (κ1) is 14.9. The molecule has 6 heteroatoms. The Morgan fingerprint density at radius 2 is 1.96 bits per heavy atom. The van der Waals surface area contributed by atoms with Crippen LogP contribution >= 0.6 is 0 Å². The van der Waals surface area contributed by atoms with Crippen LogP contribution in [-0.2, 0) is 11.8 Å². The third-order valence-electron chi connectivity index (χ3n) is 5.62. The van der Waals surface area contributed by atoms with Crippen molar-refractivity contribution in [1.82, 2.24) is 19.8 Å². The zero-order chi connectivity index (χ0) is 17.1. The van der Waals surface area contributed by atoms with Gasteiger partial charge in [0.05, 0.1) is 11.0 Å². The number of aryl methyl sites for hydroxylation is 1. The fraction of sp³-hybridized carbons (Fsp3) is 0.526. The maximum Gasteiger partial charge on any atom is 0.290 e. The highest BCUT2D eigenvalue weighted by Gasteiger charge is 2.33. The van der Waals surface area contributed by atoms with E-state index in [4.69, 9.17) is 4.98 Å². The SMILES string of the molecule is Cn1c(C(=O)N2CCNC(=O)C2)nc2c(C3CC3)cc(C3CC3)cc21. The lowest BCUT2D eigenvalue weighted by Gasteiger charge is -2.26. The number of hydrogen-bond acceptors (Lipinski definition) is 3. The molecule has 2 amide bonds. The first-order valence-electron chi connectivity index (χ1n) is 9.18. The normalized spacial score (nSPS) is 20.8. The predicted octanol–water partition coefficient (Wildman–Crippen LogP) is 1.90. The first-order chi connectivity index (χ1) is 12.1. The minimum atomic E-state index is -0.150. The second kappa shape index (κ2) is 5.31. The van der Waals surface area contributed by atoms with Gasteiger partial charge in [-0.05, 0) is 54.7 Å². The monoisotopic (exact) mass is 338 g/mol. The highest BCUT2D eigenvalue weighted by atomic mass is 16.2. The number of hydrogen-bond donors (Lipinski definition) is 1. The molecule has 1 aliphatic heterocycles. The molecule has 1 aromatic heterocycles. The lowest BCUT2D eigenvalue weighted by Crippen LogP contribution is -2.50. The zero-order valence-electron chi connectivity index (χ0n) is 14.4. The van der Waals surface area contributed by atoms with Gasteiger partial charge < -0.3 is 14.8 Å². The second-order valence-electron chi connectivity index (χ2n) is 7.60. The van der Waals surface area contributed by atoms with Crippen molar-refractivity contribution < 1.29 is 9.59 Å². The van der Waals surface area contributed by atoms with Gasteiger partial charge in [-0.25, -0.2) is 4.98 Å². The number of aromatic nitrogens is 2. The van der Waals surface area contributed by atoms with E-state index in [1.807, 2.05) is 11.6 Å². The molecule has 0 bridgehead atoms. The fourth-order valence-electron chi connectivity index (χ4n) is 3.84. The molecule has 130 valence electrons. The molecule has 2 saturated carbocycles. The molecule has 2 heterocycles. The van der Waals surface area contributed by atoms with Crippen LogP contribution in [0.2, 0.25) is 0 Å². The molecule has 0 atom stereocenters. The standard InChI is InChI=1S/C19H22N4O2/c1-22-15-9-13(11-2-3-11)8-14(12-4-5-12)17(15)21-18(22)19(25)23-7-6-20-16(24)10-23/h8-9,11-12H,2-7,10H2,1H3,(H,20,24). The number of nitrogens with zero attached hydrogens (tertiary/aromatic N) is 3. The number of nitrogens with one attached hydrogen (secondary N) is 1. The lowest BCUT2D eigenvalue weighted by atomic mass is 10.0. The van der Waals surface area contributed by atoms with E-state index in [-0.39, 0.29) is 18.4 Å². The molecule has 2 aliphatic carbocycles. The molecule has 25 heavy (non-hydrogen) atoms. The Hall–Kier alpha value is -2.37. The van der Waals surface area contributed by atoms with Crippen molar-refractivity contribution in [2.75, 3.05) is 19.6 Å². The maximum absolute atomic E-state index is 12.9. The van der Waals surface area contributed by atoms with Crippen LogP contribution < -0.4 is 5.32 Å². The van der Waals surface area contributed by atoms with Gasteiger partial charge in [-0.3, -0.25) is 9.59 Å². The van der Waals surface area contributed by atoms with Gasteiger partial charge in [0.2, 0.25) is 5.91 Å². The highest BCUT2D eigenvalue weighted by molar-refractivity contribution is 5.98. The van der Waals surface area contributed by atoms with E-state index in [0.29, 0.717) is 30.7 Å². The van der Waals surface area contributed by atoms with Crippen molar-refractivity contribution >= 4 is 22.8 Å². The lowest BCUT2D eigenvalue weighted by molar-refractivity contribution is -0.123. The minimum Gasteiger partial charge on any atom is -0.353 e. The van der Waals surface area contributed by atoms with Crippen LogP contribution in [0.1, 0.15) is 59.3 Å². The molecule has 1 aromatic carbocycles. The van der Waals surface area contributed by atoms with E-state index >= 15 is 0 Å². The second-order valence-corrected chi connectivity index (χ2v) is 7.60. The molecule has 1 saturated heterocycles. The van der Waals surface area contributed by atoms with Crippen LogP contribution in [0.15, 0.2) is 12.1 Å². The molecular weight excluding hydrogens is 316 g/mol. The molecule has 5 rings (SSSR count). The van der Waals surface area contributed by atoms with E-state index in [9.17, 15) is 9.59 Å². The number of fused-ring (bicyclic) bond motifs is 1. The molecule has 1 N–H and O–H groups in total. The Morgan fingerprint density at radius 3 is 2.64 bits per heavy atom. The largest absolute Gasteiger partial charge is 0.353 e. The number of rotatable bonds is 3. The summed E-state index contributed by atoms with van der Waals surface area (Å²) >= 11 is 0. The quantitative estimate of drug-likeness (QED) is 0.929. The van der Waals surface area contributed by atoms with Gasteiger partial charge in [-0.15, -0.1) is 0 Å². The third-order valence-corrected chi connectivity index (χ3v) is 5.62. The Labute approximate surface area is 146 Å². The predicted molar refractivity (Wildman–Crippen MR) is 93.6 cm³/mol. The molecule has 2 aromatic rings. The summed E-state index contributed by atoms with van der Waals surface area (Å²) in [5.74, 6) is 1.47. The topological polar surface area (TPSA) is 67.2 Å². The molecule has 0 radical (unpaired) electrons. The fourth-order valence-corrected chi connectivity index (χ4v) is 3.84. The average molecular weight is 338 g/mol. The Kier molecular flexibility index (Phi) is 3.17. The number of benzene rings is 1. The number of carbonyl (C=O) groups excluding carboxylic acids is 2. The smallest absolute Gasteiger partial charge is 0.290 e. The minimum absolute atomic E-state index is 0.104. The van der Waals surface area contributed by atoms with Gasteiger partial charge in [0, 0.05) is 20.1 Å². The van der Waals surface area contributed by atoms with Gasteiger partial charge in [0.15, 0.2) is 5.82 Å².